The molecule has 0 unspecified atom stereocenters. The average molecular weight is 609 g/mol. The number of hydrogen-bond acceptors (Lipinski definition) is 8. The molecule has 2 aromatic heterocycles. The van der Waals surface area contributed by atoms with Gasteiger partial charge in [0.2, 0.25) is 15.9 Å². The lowest BCUT2D eigenvalue weighted by Crippen LogP contribution is -2.48. The number of aromatic nitrogens is 2. The van der Waals surface area contributed by atoms with E-state index in [4.69, 9.17) is 9.26 Å². The minimum Gasteiger partial charge on any atom is -0.439 e. The van der Waals surface area contributed by atoms with Gasteiger partial charge in [-0.2, -0.15) is 0 Å². The van der Waals surface area contributed by atoms with Crippen molar-refractivity contribution in [2.24, 2.45) is 0 Å². The number of ether oxygens (including phenoxy) is 1. The van der Waals surface area contributed by atoms with Crippen molar-refractivity contribution in [1.82, 2.24) is 20.4 Å². The molecule has 1 aliphatic heterocycles. The van der Waals surface area contributed by atoms with Crippen LogP contribution in [0, 0.1) is 19.7 Å². The van der Waals surface area contributed by atoms with Crippen LogP contribution in [0.15, 0.2) is 71.4 Å². The number of sulfonamides is 1. The molecule has 1 aliphatic rings. The molecular weight excluding hydrogens is 575 g/mol. The van der Waals surface area contributed by atoms with Gasteiger partial charge in [0.1, 0.15) is 22.9 Å². The quantitative estimate of drug-likeness (QED) is 0.255. The molecule has 5 rings (SSSR count). The van der Waals surface area contributed by atoms with Gasteiger partial charge in [-0.25, -0.2) is 22.6 Å². The number of benzene rings is 2. The Hall–Kier alpha value is -4.49. The number of halogens is 1. The van der Waals surface area contributed by atoms with E-state index in [-0.39, 0.29) is 17.9 Å². The number of piperidine rings is 1. The first-order valence-corrected chi connectivity index (χ1v) is 15.7. The van der Waals surface area contributed by atoms with Crippen LogP contribution in [-0.2, 0) is 16.6 Å². The third kappa shape index (κ3) is 7.87. The number of urea groups is 1. The van der Waals surface area contributed by atoms with Crippen molar-refractivity contribution in [1.29, 1.82) is 0 Å². The Bertz CT molecular complexity index is 1630. The van der Waals surface area contributed by atoms with Crippen molar-refractivity contribution in [3.05, 3.63) is 89.7 Å². The van der Waals surface area contributed by atoms with Gasteiger partial charge in [-0.05, 0) is 80.8 Å². The molecule has 2 amide bonds. The van der Waals surface area contributed by atoms with Gasteiger partial charge in [-0.1, -0.05) is 11.2 Å². The Balaban J connectivity index is 1.14. The van der Waals surface area contributed by atoms with Crippen LogP contribution >= 0.6 is 0 Å². The fraction of sp³-hybridized carbons (Fsp3) is 0.300. The monoisotopic (exact) mass is 608 g/mol. The Kier molecular flexibility index (Phi) is 8.92. The number of nitrogens with zero attached hydrogens (tertiary/aromatic N) is 4. The summed E-state index contributed by atoms with van der Waals surface area (Å²) in [6.07, 6.45) is 4.40. The van der Waals surface area contributed by atoms with Crippen molar-refractivity contribution < 1.29 is 26.9 Å². The van der Waals surface area contributed by atoms with E-state index in [2.05, 4.69) is 25.1 Å². The number of likely N-dealkylation sites (tertiary alicyclic amines) is 1. The molecule has 1 saturated heterocycles. The van der Waals surface area contributed by atoms with E-state index in [9.17, 15) is 17.6 Å². The van der Waals surface area contributed by atoms with Gasteiger partial charge in [0.25, 0.3) is 0 Å². The molecule has 0 bridgehead atoms. The number of anilines is 3. The minimum absolute atomic E-state index is 0.0277. The highest BCUT2D eigenvalue weighted by molar-refractivity contribution is 7.92. The first kappa shape index (κ1) is 30.0. The van der Waals surface area contributed by atoms with Gasteiger partial charge in [0.05, 0.1) is 11.9 Å². The summed E-state index contributed by atoms with van der Waals surface area (Å²) in [6, 6.07) is 15.7. The largest absolute Gasteiger partial charge is 0.439 e. The van der Waals surface area contributed by atoms with E-state index in [1.54, 1.807) is 62.5 Å². The summed E-state index contributed by atoms with van der Waals surface area (Å²) in [6.45, 7) is 5.79. The summed E-state index contributed by atoms with van der Waals surface area (Å²) in [5.74, 6) is 1.08. The third-order valence-corrected chi connectivity index (χ3v) is 7.61. The fourth-order valence-electron chi connectivity index (χ4n) is 4.96. The average Bonchev–Trinajstić information content (AvgIpc) is 3.29. The van der Waals surface area contributed by atoms with E-state index >= 15 is 0 Å². The van der Waals surface area contributed by atoms with Crippen LogP contribution in [0.25, 0.3) is 0 Å². The molecule has 0 radical (unpaired) electrons. The maximum Gasteiger partial charge on any atom is 0.326 e. The summed E-state index contributed by atoms with van der Waals surface area (Å²) in [7, 11) is -3.34. The molecule has 2 aromatic carbocycles. The predicted molar refractivity (Wildman–Crippen MR) is 161 cm³/mol. The Morgan fingerprint density at radius 1 is 1.07 bits per heavy atom. The van der Waals surface area contributed by atoms with E-state index < -0.39 is 10.0 Å². The number of carbonyl (C=O) groups is 1. The number of carbonyl (C=O) groups excluding carboxylic acids is 1. The minimum atomic E-state index is -3.34. The molecule has 0 aliphatic carbocycles. The number of aryl methyl sites for hydroxylation is 2. The smallest absolute Gasteiger partial charge is 0.326 e. The maximum absolute atomic E-state index is 13.6. The normalized spacial score (nSPS) is 14.3. The number of pyridine rings is 1. The van der Waals surface area contributed by atoms with Crippen LogP contribution in [0.4, 0.5) is 26.2 Å². The van der Waals surface area contributed by atoms with E-state index in [1.807, 2.05) is 6.07 Å². The van der Waals surface area contributed by atoms with Crippen LogP contribution in [0.1, 0.15) is 29.9 Å². The second-order valence-electron chi connectivity index (χ2n) is 10.5. The van der Waals surface area contributed by atoms with E-state index in [0.717, 1.165) is 37.8 Å². The maximum atomic E-state index is 13.6. The summed E-state index contributed by atoms with van der Waals surface area (Å²) in [4.78, 5) is 21.7. The number of rotatable bonds is 9. The van der Waals surface area contributed by atoms with Crippen molar-refractivity contribution in [3.8, 4) is 11.6 Å². The fourth-order valence-corrected chi connectivity index (χ4v) is 5.52. The standard InChI is InChI=1S/C30H33FN6O5S/c1-20-29(21(2)42-34-20)37(26-9-5-23(31)6-10-26)30(38)33-24-14-16-36(17-15-24)19-22-4-13-28(32-18-22)41-27-11-7-25(8-12-27)35-43(3,39)40/h4-13,18,24,35H,14-17,19H2,1-3H3,(H,33,38). The zero-order valence-corrected chi connectivity index (χ0v) is 24.9. The van der Waals surface area contributed by atoms with Crippen molar-refractivity contribution in [2.75, 3.05) is 29.0 Å². The van der Waals surface area contributed by atoms with Crippen LogP contribution < -0.4 is 19.7 Å². The highest BCUT2D eigenvalue weighted by Gasteiger charge is 2.28. The zero-order chi connectivity index (χ0) is 30.6. The highest BCUT2D eigenvalue weighted by Crippen LogP contribution is 2.32. The molecule has 2 N–H and O–H groups in total. The Labute approximate surface area is 249 Å². The van der Waals surface area contributed by atoms with E-state index in [0.29, 0.717) is 46.7 Å². The van der Waals surface area contributed by atoms with Crippen LogP contribution in [-0.4, -0.2) is 54.9 Å². The molecule has 0 saturated carbocycles. The zero-order valence-electron chi connectivity index (χ0n) is 24.1. The molecule has 11 nitrogen and oxygen atoms in total. The molecule has 1 fully saturated rings. The number of hydrogen-bond donors (Lipinski definition) is 2. The second kappa shape index (κ2) is 12.8. The topological polar surface area (TPSA) is 130 Å². The van der Waals surface area contributed by atoms with Crippen molar-refractivity contribution in [2.45, 2.75) is 39.3 Å². The SMILES string of the molecule is Cc1noc(C)c1N(C(=O)NC1CCN(Cc2ccc(Oc3ccc(NS(C)(=O)=O)cc3)nc2)CC1)c1ccc(F)cc1. The van der Waals surface area contributed by atoms with Crippen molar-refractivity contribution >= 4 is 33.1 Å². The summed E-state index contributed by atoms with van der Waals surface area (Å²) < 4.78 is 49.8. The van der Waals surface area contributed by atoms with Crippen LogP contribution in [0.2, 0.25) is 0 Å². The molecule has 3 heterocycles. The molecule has 0 spiro atoms. The third-order valence-electron chi connectivity index (χ3n) is 7.01. The summed E-state index contributed by atoms with van der Waals surface area (Å²) in [5.41, 5.74) is 3.11. The lowest BCUT2D eigenvalue weighted by Gasteiger charge is -2.33. The lowest BCUT2D eigenvalue weighted by molar-refractivity contribution is 0.188. The van der Waals surface area contributed by atoms with Gasteiger partial charge in [0.15, 0.2) is 5.76 Å². The lowest BCUT2D eigenvalue weighted by atomic mass is 10.0. The second-order valence-corrected chi connectivity index (χ2v) is 12.2. The van der Waals surface area contributed by atoms with Gasteiger partial charge in [0, 0.05) is 43.6 Å². The molecule has 226 valence electrons. The molecule has 43 heavy (non-hydrogen) atoms. The van der Waals surface area contributed by atoms with Gasteiger partial charge in [-0.3, -0.25) is 14.5 Å². The molecule has 13 heteroatoms. The first-order valence-electron chi connectivity index (χ1n) is 13.8. The Morgan fingerprint density at radius 2 is 1.77 bits per heavy atom. The Morgan fingerprint density at radius 3 is 2.35 bits per heavy atom. The summed E-state index contributed by atoms with van der Waals surface area (Å²) in [5, 5.41) is 7.13. The molecular formula is C30H33FN6O5S. The van der Waals surface area contributed by atoms with E-state index in [1.165, 1.54) is 17.0 Å². The van der Waals surface area contributed by atoms with Crippen LogP contribution in [0.3, 0.4) is 0 Å². The van der Waals surface area contributed by atoms with Gasteiger partial charge >= 0.3 is 6.03 Å². The van der Waals surface area contributed by atoms with Gasteiger partial charge in [-0.15, -0.1) is 0 Å². The highest BCUT2D eigenvalue weighted by atomic mass is 32.2. The van der Waals surface area contributed by atoms with Crippen molar-refractivity contribution in [3.63, 3.8) is 0 Å². The predicted octanol–water partition coefficient (Wildman–Crippen LogP) is 5.50. The van der Waals surface area contributed by atoms with Crippen LogP contribution in [0.5, 0.6) is 11.6 Å². The number of amides is 2. The van der Waals surface area contributed by atoms with Gasteiger partial charge < -0.3 is 14.6 Å². The first-order chi connectivity index (χ1) is 20.5. The number of nitrogens with one attached hydrogen (secondary N) is 2. The molecule has 0 atom stereocenters. The summed E-state index contributed by atoms with van der Waals surface area (Å²) >= 11 is 0. The molecule has 4 aromatic rings.